The van der Waals surface area contributed by atoms with Gasteiger partial charge in [0.25, 0.3) is 0 Å². The van der Waals surface area contributed by atoms with Gasteiger partial charge in [-0.2, -0.15) is 13.2 Å². The van der Waals surface area contributed by atoms with Gasteiger partial charge in [-0.15, -0.1) is 0 Å². The van der Waals surface area contributed by atoms with Gasteiger partial charge in [-0.3, -0.25) is 4.79 Å². The van der Waals surface area contributed by atoms with Gasteiger partial charge in [-0.1, -0.05) is 15.9 Å². The Kier molecular flexibility index (Phi) is 5.85. The summed E-state index contributed by atoms with van der Waals surface area (Å²) in [5.41, 5.74) is -0.843. The highest BCUT2D eigenvalue weighted by atomic mass is 79.9. The van der Waals surface area contributed by atoms with Crippen molar-refractivity contribution in [1.29, 1.82) is 0 Å². The van der Waals surface area contributed by atoms with Crippen LogP contribution >= 0.6 is 15.9 Å². The van der Waals surface area contributed by atoms with Crippen LogP contribution in [0.15, 0.2) is 18.2 Å². The van der Waals surface area contributed by atoms with E-state index >= 15 is 0 Å². The summed E-state index contributed by atoms with van der Waals surface area (Å²) in [4.78, 5) is 11.9. The predicted molar refractivity (Wildman–Crippen MR) is 70.0 cm³/mol. The van der Waals surface area contributed by atoms with Crippen molar-refractivity contribution in [3.05, 3.63) is 29.3 Å². The smallest absolute Gasteiger partial charge is 0.416 e. The number of carbonyl (C=O) groups is 1. The Morgan fingerprint density at radius 1 is 1.32 bits per heavy atom. The molecule has 0 radical (unpaired) electrons. The van der Waals surface area contributed by atoms with Gasteiger partial charge in [0.15, 0.2) is 5.78 Å². The zero-order valence-corrected chi connectivity index (χ0v) is 12.0. The van der Waals surface area contributed by atoms with Gasteiger partial charge < -0.3 is 4.74 Å². The van der Waals surface area contributed by atoms with Crippen molar-refractivity contribution >= 4 is 21.7 Å². The molecule has 0 saturated carbocycles. The van der Waals surface area contributed by atoms with E-state index < -0.39 is 11.7 Å². The number of benzene rings is 1. The Hall–Kier alpha value is -1.04. The van der Waals surface area contributed by atoms with E-state index in [0.29, 0.717) is 6.42 Å². The van der Waals surface area contributed by atoms with Gasteiger partial charge in [-0.25, -0.2) is 0 Å². The van der Waals surface area contributed by atoms with E-state index in [4.69, 9.17) is 4.74 Å². The molecular weight excluding hydrogens is 325 g/mol. The molecule has 0 aliphatic rings. The molecule has 0 fully saturated rings. The van der Waals surface area contributed by atoms with Crippen molar-refractivity contribution in [1.82, 2.24) is 0 Å². The third kappa shape index (κ3) is 4.53. The minimum Gasteiger partial charge on any atom is -0.496 e. The van der Waals surface area contributed by atoms with Crippen LogP contribution in [0.25, 0.3) is 0 Å². The van der Waals surface area contributed by atoms with Crippen molar-refractivity contribution in [3.8, 4) is 5.75 Å². The molecular formula is C13H14BrF3O2. The van der Waals surface area contributed by atoms with Gasteiger partial charge in [0.1, 0.15) is 5.75 Å². The molecule has 0 atom stereocenters. The van der Waals surface area contributed by atoms with Crippen molar-refractivity contribution in [2.24, 2.45) is 0 Å². The highest BCUT2D eigenvalue weighted by Gasteiger charge is 2.31. The Morgan fingerprint density at radius 3 is 2.53 bits per heavy atom. The zero-order chi connectivity index (χ0) is 14.5. The predicted octanol–water partition coefficient (Wildman–Crippen LogP) is 4.46. The number of rotatable bonds is 6. The standard InChI is InChI=1S/C13H14BrF3O2/c1-19-12-6-5-9(13(15,16)17)8-10(12)11(18)4-2-3-7-14/h5-6,8H,2-4,7H2,1H3. The molecule has 0 N–H and O–H groups in total. The van der Waals surface area contributed by atoms with E-state index in [2.05, 4.69) is 15.9 Å². The van der Waals surface area contributed by atoms with Gasteiger partial charge in [0.05, 0.1) is 18.2 Å². The molecule has 0 unspecified atom stereocenters. The van der Waals surface area contributed by atoms with Crippen LogP contribution in [0.4, 0.5) is 13.2 Å². The van der Waals surface area contributed by atoms with Crippen molar-refractivity contribution in [2.45, 2.75) is 25.4 Å². The average Bonchev–Trinajstić information content (AvgIpc) is 2.37. The number of hydrogen-bond acceptors (Lipinski definition) is 2. The molecule has 0 aromatic heterocycles. The van der Waals surface area contributed by atoms with Crippen LogP contribution < -0.4 is 4.74 Å². The number of ether oxygens (including phenoxy) is 1. The number of alkyl halides is 4. The van der Waals surface area contributed by atoms with Crippen LogP contribution in [0.2, 0.25) is 0 Å². The molecule has 0 bridgehead atoms. The maximum atomic E-state index is 12.6. The van der Waals surface area contributed by atoms with Gasteiger partial charge in [-0.05, 0) is 31.0 Å². The first-order chi connectivity index (χ1) is 8.90. The molecule has 19 heavy (non-hydrogen) atoms. The molecule has 106 valence electrons. The fraction of sp³-hybridized carbons (Fsp3) is 0.462. The van der Waals surface area contributed by atoms with Crippen molar-refractivity contribution < 1.29 is 22.7 Å². The molecule has 0 spiro atoms. The largest absolute Gasteiger partial charge is 0.496 e. The third-order valence-electron chi connectivity index (χ3n) is 2.61. The zero-order valence-electron chi connectivity index (χ0n) is 10.4. The first-order valence-corrected chi connectivity index (χ1v) is 6.86. The second-order valence-corrected chi connectivity index (χ2v) is 4.78. The number of hydrogen-bond donors (Lipinski definition) is 0. The quantitative estimate of drug-likeness (QED) is 0.434. The first-order valence-electron chi connectivity index (χ1n) is 5.74. The van der Waals surface area contributed by atoms with E-state index in [1.165, 1.54) is 13.2 Å². The number of carbonyl (C=O) groups excluding carboxylic acids is 1. The van der Waals surface area contributed by atoms with Crippen LogP contribution in [0.3, 0.4) is 0 Å². The number of halogens is 4. The SMILES string of the molecule is COc1ccc(C(F)(F)F)cc1C(=O)CCCCBr. The van der Waals surface area contributed by atoms with Gasteiger partial charge >= 0.3 is 6.18 Å². The normalized spacial score (nSPS) is 11.4. The highest BCUT2D eigenvalue weighted by Crippen LogP contribution is 2.33. The molecule has 0 aliphatic carbocycles. The van der Waals surface area contributed by atoms with E-state index in [0.717, 1.165) is 23.9 Å². The molecule has 0 amide bonds. The van der Waals surface area contributed by atoms with Crippen molar-refractivity contribution in [2.75, 3.05) is 12.4 Å². The van der Waals surface area contributed by atoms with Crippen LogP contribution in [-0.4, -0.2) is 18.2 Å². The lowest BCUT2D eigenvalue weighted by Gasteiger charge is -2.12. The van der Waals surface area contributed by atoms with Crippen LogP contribution in [0, 0.1) is 0 Å². The maximum Gasteiger partial charge on any atom is 0.416 e. The minimum absolute atomic E-state index is 0.00750. The Balaban J connectivity index is 2.99. The lowest BCUT2D eigenvalue weighted by molar-refractivity contribution is -0.137. The summed E-state index contributed by atoms with van der Waals surface area (Å²) in [6.45, 7) is 0. The van der Waals surface area contributed by atoms with E-state index in [1.54, 1.807) is 0 Å². The summed E-state index contributed by atoms with van der Waals surface area (Å²) in [6.07, 6.45) is -2.82. The molecule has 1 rings (SSSR count). The van der Waals surface area contributed by atoms with Crippen LogP contribution in [0.5, 0.6) is 5.75 Å². The lowest BCUT2D eigenvalue weighted by atomic mass is 10.0. The minimum atomic E-state index is -4.46. The van der Waals surface area contributed by atoms with E-state index in [9.17, 15) is 18.0 Å². The second-order valence-electron chi connectivity index (χ2n) is 3.98. The summed E-state index contributed by atoms with van der Waals surface area (Å²) in [7, 11) is 1.33. The molecule has 0 aliphatic heterocycles. The molecule has 0 saturated heterocycles. The Bertz CT molecular complexity index is 444. The van der Waals surface area contributed by atoms with E-state index in [-0.39, 0.29) is 23.5 Å². The number of unbranched alkanes of at least 4 members (excludes halogenated alkanes) is 1. The second kappa shape index (κ2) is 6.93. The molecule has 1 aromatic carbocycles. The number of methoxy groups -OCH3 is 1. The summed E-state index contributed by atoms with van der Waals surface area (Å²) in [5, 5.41) is 0.764. The third-order valence-corrected chi connectivity index (χ3v) is 3.18. The summed E-state index contributed by atoms with van der Waals surface area (Å²) >= 11 is 3.24. The molecule has 2 nitrogen and oxygen atoms in total. The number of Topliss-reactive ketones (excluding diaryl/α,β-unsaturated/α-hetero) is 1. The summed E-state index contributed by atoms with van der Waals surface area (Å²) in [6, 6.07) is 2.95. The van der Waals surface area contributed by atoms with Crippen molar-refractivity contribution in [3.63, 3.8) is 0 Å². The topological polar surface area (TPSA) is 26.3 Å². The molecule has 0 heterocycles. The average molecular weight is 339 g/mol. The monoisotopic (exact) mass is 338 g/mol. The molecule has 6 heteroatoms. The Morgan fingerprint density at radius 2 is 2.00 bits per heavy atom. The van der Waals surface area contributed by atoms with Gasteiger partial charge in [0.2, 0.25) is 0 Å². The fourth-order valence-corrected chi connectivity index (χ4v) is 2.01. The lowest BCUT2D eigenvalue weighted by Crippen LogP contribution is -2.09. The number of ketones is 1. The van der Waals surface area contributed by atoms with Gasteiger partial charge in [0, 0.05) is 11.8 Å². The Labute approximate surface area is 118 Å². The first kappa shape index (κ1) is 16.0. The highest BCUT2D eigenvalue weighted by molar-refractivity contribution is 9.09. The van der Waals surface area contributed by atoms with Crippen LogP contribution in [-0.2, 0) is 6.18 Å². The maximum absolute atomic E-state index is 12.6. The van der Waals surface area contributed by atoms with E-state index in [1.807, 2.05) is 0 Å². The summed E-state index contributed by atoms with van der Waals surface area (Å²) < 4.78 is 42.8. The summed E-state index contributed by atoms with van der Waals surface area (Å²) in [5.74, 6) is -0.152. The van der Waals surface area contributed by atoms with Crippen LogP contribution in [0.1, 0.15) is 35.2 Å². The fourth-order valence-electron chi connectivity index (χ4n) is 1.62. The molecule has 1 aromatic rings.